The molecule has 0 atom stereocenters. The maximum Gasteiger partial charge on any atom is 0.164 e. The van der Waals surface area contributed by atoms with E-state index in [9.17, 15) is 0 Å². The van der Waals surface area contributed by atoms with E-state index in [-0.39, 0.29) is 0 Å². The zero-order valence-corrected chi connectivity index (χ0v) is 60.3. The van der Waals surface area contributed by atoms with Gasteiger partial charge >= 0.3 is 0 Å². The van der Waals surface area contributed by atoms with E-state index in [4.69, 9.17) is 38.7 Å². The van der Waals surface area contributed by atoms with E-state index in [1.165, 1.54) is 21.5 Å². The monoisotopic (exact) mass is 1430 g/mol. The van der Waals surface area contributed by atoms with Crippen LogP contribution < -0.4 is 0 Å². The number of furan rings is 2. The van der Waals surface area contributed by atoms with Gasteiger partial charge in [0.2, 0.25) is 0 Å². The molecule has 6 aromatic heterocycles. The number of hydrogen-bond acceptors (Lipinski definition) is 8. The molecule has 0 aliphatic rings. The van der Waals surface area contributed by atoms with Crippen molar-refractivity contribution < 1.29 is 8.83 Å². The maximum absolute atomic E-state index is 7.03. The Hall–Kier alpha value is -15.3. The molecule has 524 valence electrons. The first-order valence-electron chi connectivity index (χ1n) is 37.6. The van der Waals surface area contributed by atoms with Crippen molar-refractivity contribution >= 4 is 87.5 Å². The molecule has 0 N–H and O–H groups in total. The number of para-hydroxylation sites is 4. The highest BCUT2D eigenvalue weighted by molar-refractivity contribution is 6.22. The van der Waals surface area contributed by atoms with Crippen molar-refractivity contribution in [3.63, 3.8) is 0 Å². The van der Waals surface area contributed by atoms with Crippen LogP contribution >= 0.6 is 0 Å². The van der Waals surface area contributed by atoms with Crippen molar-refractivity contribution in [3.05, 3.63) is 388 Å². The lowest BCUT2D eigenvalue weighted by molar-refractivity contribution is 0.666. The van der Waals surface area contributed by atoms with Crippen LogP contribution in [0.15, 0.2) is 397 Å². The number of aromatic nitrogens is 8. The summed E-state index contributed by atoms with van der Waals surface area (Å²) >= 11 is 0. The zero-order valence-electron chi connectivity index (χ0n) is 60.3. The maximum atomic E-state index is 7.03. The Bertz CT molecular complexity index is 7240. The van der Waals surface area contributed by atoms with E-state index in [0.717, 1.165) is 155 Å². The fraction of sp³-hybridized carbons (Fsp3) is 0. The predicted molar refractivity (Wildman–Crippen MR) is 457 cm³/mol. The van der Waals surface area contributed by atoms with Crippen LogP contribution in [0.4, 0.5) is 0 Å². The summed E-state index contributed by atoms with van der Waals surface area (Å²) in [5.74, 6) is 3.58. The largest absolute Gasteiger partial charge is 0.454 e. The van der Waals surface area contributed by atoms with E-state index in [2.05, 4.69) is 300 Å². The summed E-state index contributed by atoms with van der Waals surface area (Å²) in [6, 6.07) is 134. The molecule has 0 spiro atoms. The molecule has 16 aromatic carbocycles. The quantitative estimate of drug-likeness (QED) is 0.119. The Morgan fingerprint density at radius 2 is 0.455 bits per heavy atom. The molecule has 0 saturated heterocycles. The molecule has 6 heterocycles. The highest BCUT2D eigenvalue weighted by Gasteiger charge is 2.27. The van der Waals surface area contributed by atoms with Crippen LogP contribution in [0.2, 0.25) is 0 Å². The summed E-state index contributed by atoms with van der Waals surface area (Å²) in [5, 5.41) is 8.72. The fourth-order valence-corrected chi connectivity index (χ4v) is 16.2. The lowest BCUT2D eigenvalue weighted by Gasteiger charge is -2.12. The summed E-state index contributed by atoms with van der Waals surface area (Å²) in [4.78, 5) is 31.0. The molecule has 10 nitrogen and oxygen atoms in total. The van der Waals surface area contributed by atoms with Crippen molar-refractivity contribution in [2.24, 2.45) is 0 Å². The Morgan fingerprint density at radius 3 is 0.848 bits per heavy atom. The van der Waals surface area contributed by atoms with Gasteiger partial charge in [-0.25, -0.2) is 29.9 Å². The number of fused-ring (bicyclic) bond motifs is 12. The second-order valence-electron chi connectivity index (χ2n) is 27.9. The predicted octanol–water partition coefficient (Wildman–Crippen LogP) is 26.4. The summed E-state index contributed by atoms with van der Waals surface area (Å²) in [6.45, 7) is 0. The van der Waals surface area contributed by atoms with Crippen molar-refractivity contribution in [3.8, 4) is 124 Å². The topological polar surface area (TPSA) is 113 Å². The number of benzene rings is 16. The van der Waals surface area contributed by atoms with Gasteiger partial charge in [-0.3, -0.25) is 0 Å². The minimum Gasteiger partial charge on any atom is -0.454 e. The molecule has 0 amide bonds. The summed E-state index contributed by atoms with van der Waals surface area (Å²) in [6.07, 6.45) is 0. The minimum absolute atomic E-state index is 0.577. The summed E-state index contributed by atoms with van der Waals surface area (Å²) in [7, 11) is 0. The fourth-order valence-electron chi connectivity index (χ4n) is 16.2. The summed E-state index contributed by atoms with van der Waals surface area (Å²) < 4.78 is 18.7. The van der Waals surface area contributed by atoms with Gasteiger partial charge in [0.1, 0.15) is 11.2 Å². The first-order valence-corrected chi connectivity index (χ1v) is 37.6. The van der Waals surface area contributed by atoms with Gasteiger partial charge in [0.05, 0.1) is 33.4 Å². The van der Waals surface area contributed by atoms with Crippen molar-refractivity contribution in [2.75, 3.05) is 0 Å². The van der Waals surface area contributed by atoms with Gasteiger partial charge in [-0.1, -0.05) is 334 Å². The molecule has 0 bridgehead atoms. The SMILES string of the molecule is c1ccc(-c2ccc(-c3nc(-c4ccccc4)nc(-c4cccc5oc6c(-n7c8ccccc8c8ccccc87)ccc(-c7ccccc7)c6c45)n3)cc2)cc1.c1ccc(-c2cccc(-c3nc(-c4ccccc4)nc(-c4cccc5oc6c(-n7c8ccccc8c8ccccc87)ccc(-c7ccccc7)c6c45)n3)c2)cc1. The van der Waals surface area contributed by atoms with Crippen LogP contribution in [0.3, 0.4) is 0 Å². The molecular weight excluding hydrogens is 1370 g/mol. The molecule has 22 rings (SSSR count). The first-order chi connectivity index (χ1) is 55.6. The molecule has 10 heteroatoms. The van der Waals surface area contributed by atoms with Gasteiger partial charge < -0.3 is 18.0 Å². The molecule has 0 aliphatic carbocycles. The van der Waals surface area contributed by atoms with Crippen LogP contribution in [0.1, 0.15) is 0 Å². The number of nitrogens with zero attached hydrogens (tertiary/aromatic N) is 8. The zero-order chi connectivity index (χ0) is 74.0. The van der Waals surface area contributed by atoms with E-state index < -0.39 is 0 Å². The van der Waals surface area contributed by atoms with Gasteiger partial charge in [-0.05, 0) is 99.1 Å². The third kappa shape index (κ3) is 11.4. The molecule has 0 radical (unpaired) electrons. The van der Waals surface area contributed by atoms with Gasteiger partial charge in [0.15, 0.2) is 46.1 Å². The number of rotatable bonds is 12. The standard InChI is InChI=1S/2C51H32N4O/c1-4-16-33(17-5-1)36-22-14-23-37(32-36)50-52-49(35-20-8-3-9-21-35)53-51(54-50)41-26-15-29-45-46(41)47-38(34-18-6-2-7-19-34)30-31-44(48(47)56-45)55-42-27-12-10-24-39(42)40-25-11-13-28-43(40)55;1-4-15-33(16-5-1)34-27-29-37(30-28-34)50-52-49(36-19-8-3-9-20-36)53-51(54-50)41-23-14-26-45-46(41)47-38(35-17-6-2-7-18-35)31-32-44(48(47)56-45)55-42-24-12-10-21-39(42)40-22-11-13-25-43(40)55/h2*1-32H. The van der Waals surface area contributed by atoms with Crippen LogP contribution in [0.25, 0.3) is 212 Å². The highest BCUT2D eigenvalue weighted by Crippen LogP contribution is 2.48. The Kier molecular flexibility index (Phi) is 16.0. The normalized spacial score (nSPS) is 11.6. The van der Waals surface area contributed by atoms with Crippen LogP contribution in [-0.2, 0) is 0 Å². The molecule has 0 fully saturated rings. The van der Waals surface area contributed by atoms with E-state index in [0.29, 0.717) is 34.9 Å². The van der Waals surface area contributed by atoms with Crippen LogP contribution in [0, 0.1) is 0 Å². The third-order valence-electron chi connectivity index (χ3n) is 21.4. The second kappa shape index (κ2) is 27.5. The Morgan fingerprint density at radius 1 is 0.179 bits per heavy atom. The Labute approximate surface area is 643 Å². The van der Waals surface area contributed by atoms with E-state index in [1.807, 2.05) is 97.1 Å². The molecule has 0 aliphatic heterocycles. The van der Waals surface area contributed by atoms with Crippen LogP contribution in [-0.4, -0.2) is 39.0 Å². The van der Waals surface area contributed by atoms with Gasteiger partial charge in [0.25, 0.3) is 0 Å². The second-order valence-corrected chi connectivity index (χ2v) is 27.9. The van der Waals surface area contributed by atoms with E-state index in [1.54, 1.807) is 0 Å². The average molecular weight is 1430 g/mol. The van der Waals surface area contributed by atoms with E-state index >= 15 is 0 Å². The van der Waals surface area contributed by atoms with Crippen LogP contribution in [0.5, 0.6) is 0 Å². The molecule has 0 saturated carbocycles. The number of hydrogen-bond donors (Lipinski definition) is 0. The van der Waals surface area contributed by atoms with Gasteiger partial charge in [-0.2, -0.15) is 0 Å². The molecule has 112 heavy (non-hydrogen) atoms. The molecule has 22 aromatic rings. The molecule has 0 unspecified atom stereocenters. The summed E-state index contributed by atoms with van der Waals surface area (Å²) in [5.41, 5.74) is 23.8. The highest BCUT2D eigenvalue weighted by atomic mass is 16.3. The van der Waals surface area contributed by atoms with Crippen molar-refractivity contribution in [1.29, 1.82) is 0 Å². The third-order valence-corrected chi connectivity index (χ3v) is 21.4. The van der Waals surface area contributed by atoms with Gasteiger partial charge in [0, 0.05) is 76.5 Å². The first kappa shape index (κ1) is 65.1. The minimum atomic E-state index is 0.577. The molecular formula is C102H64N8O2. The average Bonchev–Trinajstić information content (AvgIpc) is 1.56. The Balaban J connectivity index is 0.000000141. The van der Waals surface area contributed by atoms with Gasteiger partial charge in [-0.15, -0.1) is 0 Å². The lowest BCUT2D eigenvalue weighted by atomic mass is 9.96. The van der Waals surface area contributed by atoms with Crippen molar-refractivity contribution in [2.45, 2.75) is 0 Å². The van der Waals surface area contributed by atoms with Crippen molar-refractivity contribution in [1.82, 2.24) is 39.0 Å². The smallest absolute Gasteiger partial charge is 0.164 e. The lowest BCUT2D eigenvalue weighted by Crippen LogP contribution is -2.00.